The van der Waals surface area contributed by atoms with Gasteiger partial charge in [-0.1, -0.05) is 0 Å². The van der Waals surface area contributed by atoms with Gasteiger partial charge in [0.05, 0.1) is 14.1 Å². The fourth-order valence-electron chi connectivity index (χ4n) is 2.98. The fourth-order valence-corrected chi connectivity index (χ4v) is 3.76. The normalized spacial score (nSPS) is 39.0. The Bertz CT molecular complexity index is 538. The quantitative estimate of drug-likeness (QED) is 0.838. The van der Waals surface area contributed by atoms with Crippen LogP contribution in [0.5, 0.6) is 0 Å². The van der Waals surface area contributed by atoms with Crippen molar-refractivity contribution in [1.82, 2.24) is 4.98 Å². The Morgan fingerprint density at radius 1 is 1.68 bits per heavy atom. The fraction of sp³-hybridized carbons (Fsp3) is 0.692. The second kappa shape index (κ2) is 4.83. The van der Waals surface area contributed by atoms with Crippen molar-refractivity contribution in [2.45, 2.75) is 38.0 Å². The molecule has 0 saturated carbocycles. The number of aliphatic imine (C=N–C) groups is 1. The number of ether oxygens (including phenoxy) is 2. The van der Waals surface area contributed by atoms with Crippen molar-refractivity contribution in [3.8, 4) is 0 Å². The van der Waals surface area contributed by atoms with Gasteiger partial charge in [0.25, 0.3) is 0 Å². The molecule has 0 N–H and O–H groups in total. The number of hydrogen-bond donors (Lipinski definition) is 0. The molecule has 0 aliphatic carbocycles. The zero-order chi connectivity index (χ0) is 14.3. The molecule has 4 nitrogen and oxygen atoms in total. The SMILES string of the molecule is [2H]c1csc([C@]23CO[C@@H](C)C[C@H]2[C@@H](CF)OC(C)=N3)n1. The summed E-state index contributed by atoms with van der Waals surface area (Å²) in [6.07, 6.45) is 0.429. The number of alkyl halides is 1. The second-order valence-corrected chi connectivity index (χ2v) is 5.97. The molecular weight excluding hydrogens is 267 g/mol. The van der Waals surface area contributed by atoms with Crippen LogP contribution in [0.2, 0.25) is 0 Å². The predicted octanol–water partition coefficient (Wildman–Crippen LogP) is 2.55. The van der Waals surface area contributed by atoms with E-state index in [-0.39, 0.29) is 18.2 Å². The van der Waals surface area contributed by atoms with Crippen molar-refractivity contribution >= 4 is 17.2 Å². The summed E-state index contributed by atoms with van der Waals surface area (Å²) in [6.45, 7) is 3.52. The molecule has 3 rings (SSSR count). The van der Waals surface area contributed by atoms with Crippen LogP contribution in [0.15, 0.2) is 16.5 Å². The monoisotopic (exact) mass is 285 g/mol. The molecule has 104 valence electrons. The molecule has 0 radical (unpaired) electrons. The Balaban J connectivity index is 2.09. The Kier molecular flexibility index (Phi) is 3.00. The van der Waals surface area contributed by atoms with Crippen LogP contribution < -0.4 is 0 Å². The molecule has 0 bridgehead atoms. The first kappa shape index (κ1) is 11.8. The van der Waals surface area contributed by atoms with Crippen molar-refractivity contribution in [3.05, 3.63) is 16.6 Å². The topological polar surface area (TPSA) is 43.7 Å². The minimum atomic E-state index is -0.699. The van der Waals surface area contributed by atoms with Crippen molar-refractivity contribution < 1.29 is 15.2 Å². The van der Waals surface area contributed by atoms with Crippen LogP contribution in [-0.4, -0.2) is 36.4 Å². The first-order valence-corrected chi connectivity index (χ1v) is 7.26. The molecule has 2 aliphatic rings. The van der Waals surface area contributed by atoms with Gasteiger partial charge in [0, 0.05) is 24.4 Å². The number of fused-ring (bicyclic) bond motifs is 1. The van der Waals surface area contributed by atoms with Gasteiger partial charge in [0.15, 0.2) is 5.90 Å². The highest BCUT2D eigenvalue weighted by Crippen LogP contribution is 2.46. The maximum absolute atomic E-state index is 13.4. The Hall–Kier alpha value is -1.01. The van der Waals surface area contributed by atoms with E-state index in [4.69, 9.17) is 10.8 Å². The second-order valence-electron chi connectivity index (χ2n) is 5.11. The Morgan fingerprint density at radius 2 is 2.53 bits per heavy atom. The van der Waals surface area contributed by atoms with Crippen LogP contribution in [0, 0.1) is 5.92 Å². The molecule has 1 aromatic rings. The molecule has 0 aromatic carbocycles. The van der Waals surface area contributed by atoms with Crippen molar-refractivity contribution in [3.63, 3.8) is 0 Å². The summed E-state index contributed by atoms with van der Waals surface area (Å²) in [5.74, 6) is 0.356. The van der Waals surface area contributed by atoms with Crippen molar-refractivity contribution in [2.24, 2.45) is 10.9 Å². The lowest BCUT2D eigenvalue weighted by Crippen LogP contribution is -2.54. The summed E-state index contributed by atoms with van der Waals surface area (Å²) in [7, 11) is 0. The number of aromatic nitrogens is 1. The van der Waals surface area contributed by atoms with E-state index in [2.05, 4.69) is 9.98 Å². The number of rotatable bonds is 2. The van der Waals surface area contributed by atoms with E-state index < -0.39 is 18.3 Å². The average molecular weight is 285 g/mol. The van der Waals surface area contributed by atoms with Gasteiger partial charge >= 0.3 is 0 Å². The predicted molar refractivity (Wildman–Crippen MR) is 71.3 cm³/mol. The minimum Gasteiger partial charge on any atom is -0.475 e. The molecule has 6 heteroatoms. The highest BCUT2D eigenvalue weighted by molar-refractivity contribution is 7.09. The van der Waals surface area contributed by atoms with Crippen LogP contribution in [0.4, 0.5) is 4.39 Å². The molecule has 0 spiro atoms. The van der Waals surface area contributed by atoms with Crippen molar-refractivity contribution in [2.75, 3.05) is 13.3 Å². The summed E-state index contributed by atoms with van der Waals surface area (Å²) < 4.78 is 32.3. The van der Waals surface area contributed by atoms with Gasteiger partial charge in [0.2, 0.25) is 0 Å². The Labute approximate surface area is 117 Å². The van der Waals surface area contributed by atoms with Gasteiger partial charge in [-0.05, 0) is 13.3 Å². The lowest BCUT2D eigenvalue weighted by Gasteiger charge is -2.47. The third kappa shape index (κ3) is 2.07. The molecule has 19 heavy (non-hydrogen) atoms. The smallest absolute Gasteiger partial charge is 0.181 e. The molecular formula is C13H17FN2O2S. The zero-order valence-corrected chi connectivity index (χ0v) is 11.7. The van der Waals surface area contributed by atoms with Gasteiger partial charge in [-0.3, -0.25) is 0 Å². The zero-order valence-electron chi connectivity index (χ0n) is 11.9. The Morgan fingerprint density at radius 3 is 3.21 bits per heavy atom. The van der Waals surface area contributed by atoms with Crippen LogP contribution in [0.3, 0.4) is 0 Å². The maximum Gasteiger partial charge on any atom is 0.181 e. The summed E-state index contributed by atoms with van der Waals surface area (Å²) >= 11 is 1.38. The average Bonchev–Trinajstić information content (AvgIpc) is 2.85. The van der Waals surface area contributed by atoms with Gasteiger partial charge in [-0.15, -0.1) is 11.3 Å². The van der Waals surface area contributed by atoms with Crippen molar-refractivity contribution in [1.29, 1.82) is 0 Å². The molecule has 3 heterocycles. The number of halogens is 1. The lowest BCUT2D eigenvalue weighted by atomic mass is 9.75. The van der Waals surface area contributed by atoms with Gasteiger partial charge in [-0.25, -0.2) is 14.4 Å². The van der Waals surface area contributed by atoms with E-state index in [1.165, 1.54) is 11.3 Å². The molecule has 0 amide bonds. The number of nitrogens with zero attached hydrogens (tertiary/aromatic N) is 2. The minimum absolute atomic E-state index is 0.0508. The van der Waals surface area contributed by atoms with Crippen LogP contribution in [0.25, 0.3) is 0 Å². The molecule has 2 aliphatic heterocycles. The van der Waals surface area contributed by atoms with Gasteiger partial charge in [0.1, 0.15) is 23.3 Å². The third-order valence-corrected chi connectivity index (χ3v) is 4.72. The van der Waals surface area contributed by atoms with E-state index in [9.17, 15) is 4.39 Å². The highest BCUT2D eigenvalue weighted by Gasteiger charge is 2.53. The standard InChI is InChI=1S/C13H17FN2O2S/c1-8-5-10-11(6-14)18-9(2)16-13(10,7-17-8)12-15-3-4-19-12/h3-4,8,10-11H,5-7H2,1-2H3/t8-,10-,11+,13-/m0/s1/i3D. The maximum atomic E-state index is 13.4. The summed E-state index contributed by atoms with van der Waals surface area (Å²) in [5, 5.41) is 2.39. The molecule has 0 unspecified atom stereocenters. The van der Waals surface area contributed by atoms with E-state index in [1.807, 2.05) is 6.92 Å². The summed E-state index contributed by atoms with van der Waals surface area (Å²) in [6, 6.07) is 0. The first-order chi connectivity index (χ1) is 9.55. The molecule has 1 aromatic heterocycles. The highest BCUT2D eigenvalue weighted by atomic mass is 32.1. The largest absolute Gasteiger partial charge is 0.475 e. The molecule has 1 fully saturated rings. The van der Waals surface area contributed by atoms with E-state index in [0.29, 0.717) is 18.9 Å². The summed E-state index contributed by atoms with van der Waals surface area (Å²) in [4.78, 5) is 8.88. The van der Waals surface area contributed by atoms with Crippen LogP contribution >= 0.6 is 11.3 Å². The number of thiazole rings is 1. The van der Waals surface area contributed by atoms with E-state index in [1.54, 1.807) is 12.3 Å². The first-order valence-electron chi connectivity index (χ1n) is 6.88. The van der Waals surface area contributed by atoms with E-state index >= 15 is 0 Å². The number of hydrogen-bond acceptors (Lipinski definition) is 5. The lowest BCUT2D eigenvalue weighted by molar-refractivity contribution is -0.101. The van der Waals surface area contributed by atoms with E-state index in [0.717, 1.165) is 5.01 Å². The van der Waals surface area contributed by atoms with Crippen LogP contribution in [-0.2, 0) is 15.0 Å². The van der Waals surface area contributed by atoms with Crippen LogP contribution in [0.1, 0.15) is 26.6 Å². The molecule has 4 atom stereocenters. The van der Waals surface area contributed by atoms with Gasteiger partial charge < -0.3 is 9.47 Å². The summed E-state index contributed by atoms with van der Waals surface area (Å²) in [5.41, 5.74) is -0.699. The van der Waals surface area contributed by atoms with Gasteiger partial charge in [-0.2, -0.15) is 0 Å². The third-order valence-electron chi connectivity index (χ3n) is 3.83. The molecule has 1 saturated heterocycles.